The van der Waals surface area contributed by atoms with Crippen LogP contribution in [0.4, 0.5) is 0 Å². The fourth-order valence-corrected chi connectivity index (χ4v) is 2.13. The summed E-state index contributed by atoms with van der Waals surface area (Å²) in [6, 6.07) is 12.9. The standard InChI is InChI=1S/C20H20O6/c1-3-18(26-20(24)13(2)12-21)25-15-9-10-16(17(22)11-15)19(23)14-7-5-4-6-8-14/h4-12,18,21-22H,3H2,1-2H3/b13-12+. The third-order valence-electron chi connectivity index (χ3n) is 3.60. The molecule has 2 rings (SSSR count). The minimum Gasteiger partial charge on any atom is -0.515 e. The number of rotatable bonds is 7. The van der Waals surface area contributed by atoms with Crippen molar-refractivity contribution in [1.82, 2.24) is 0 Å². The van der Waals surface area contributed by atoms with Gasteiger partial charge >= 0.3 is 5.97 Å². The van der Waals surface area contributed by atoms with Crippen molar-refractivity contribution < 1.29 is 29.3 Å². The zero-order valence-electron chi connectivity index (χ0n) is 14.5. The molecule has 6 heteroatoms. The molecule has 0 spiro atoms. The van der Waals surface area contributed by atoms with Crippen LogP contribution in [0.15, 0.2) is 60.4 Å². The first-order chi connectivity index (χ1) is 12.5. The largest absolute Gasteiger partial charge is 0.515 e. The van der Waals surface area contributed by atoms with E-state index in [4.69, 9.17) is 14.6 Å². The summed E-state index contributed by atoms with van der Waals surface area (Å²) in [6.07, 6.45) is 0.119. The van der Waals surface area contributed by atoms with Gasteiger partial charge in [0.1, 0.15) is 11.5 Å². The van der Waals surface area contributed by atoms with Crippen LogP contribution in [0, 0.1) is 0 Å². The van der Waals surface area contributed by atoms with Crippen molar-refractivity contribution in [2.24, 2.45) is 0 Å². The molecule has 0 saturated heterocycles. The Morgan fingerprint density at radius 1 is 1.15 bits per heavy atom. The molecule has 0 bridgehead atoms. The molecule has 0 aliphatic carbocycles. The summed E-state index contributed by atoms with van der Waals surface area (Å²) >= 11 is 0. The fourth-order valence-electron chi connectivity index (χ4n) is 2.13. The Morgan fingerprint density at radius 2 is 1.85 bits per heavy atom. The maximum Gasteiger partial charge on any atom is 0.339 e. The third kappa shape index (κ3) is 4.63. The Bertz CT molecular complexity index is 810. The predicted molar refractivity (Wildman–Crippen MR) is 95.2 cm³/mol. The molecule has 0 radical (unpaired) electrons. The van der Waals surface area contributed by atoms with E-state index in [2.05, 4.69) is 0 Å². The Labute approximate surface area is 151 Å². The van der Waals surface area contributed by atoms with Crippen molar-refractivity contribution >= 4 is 11.8 Å². The topological polar surface area (TPSA) is 93.1 Å². The Balaban J connectivity index is 2.13. The molecular weight excluding hydrogens is 336 g/mol. The van der Waals surface area contributed by atoms with Crippen LogP contribution in [0.1, 0.15) is 36.2 Å². The molecule has 136 valence electrons. The smallest absolute Gasteiger partial charge is 0.339 e. The quantitative estimate of drug-likeness (QED) is 0.258. The number of hydrogen-bond acceptors (Lipinski definition) is 6. The SMILES string of the molecule is CCC(OC(=O)/C(C)=C/O)Oc1ccc(C(=O)c2ccccc2)c(O)c1. The van der Waals surface area contributed by atoms with Gasteiger partial charge in [0.05, 0.1) is 17.4 Å². The van der Waals surface area contributed by atoms with Gasteiger partial charge < -0.3 is 19.7 Å². The molecule has 1 unspecified atom stereocenters. The van der Waals surface area contributed by atoms with Crippen LogP contribution in [0.2, 0.25) is 0 Å². The second-order valence-electron chi connectivity index (χ2n) is 5.55. The molecule has 0 aliphatic heterocycles. The minimum absolute atomic E-state index is 0.0405. The molecule has 1 atom stereocenters. The summed E-state index contributed by atoms with van der Waals surface area (Å²) in [7, 11) is 0. The van der Waals surface area contributed by atoms with Crippen molar-refractivity contribution in [2.45, 2.75) is 26.6 Å². The highest BCUT2D eigenvalue weighted by Gasteiger charge is 2.18. The number of phenolic OH excluding ortho intramolecular Hbond substituents is 1. The summed E-state index contributed by atoms with van der Waals surface area (Å²) in [5.41, 5.74) is 0.648. The molecule has 0 aromatic heterocycles. The third-order valence-corrected chi connectivity index (χ3v) is 3.60. The van der Waals surface area contributed by atoms with E-state index in [-0.39, 0.29) is 28.4 Å². The van der Waals surface area contributed by atoms with Crippen LogP contribution in [-0.4, -0.2) is 28.3 Å². The normalized spacial score (nSPS) is 12.3. The number of ether oxygens (including phenoxy) is 2. The number of esters is 1. The van der Waals surface area contributed by atoms with E-state index in [0.717, 1.165) is 0 Å². The molecule has 2 aromatic carbocycles. The first kappa shape index (κ1) is 19.1. The van der Waals surface area contributed by atoms with Gasteiger partial charge in [-0.15, -0.1) is 0 Å². The monoisotopic (exact) mass is 356 g/mol. The number of aromatic hydroxyl groups is 1. The highest BCUT2D eigenvalue weighted by molar-refractivity contribution is 6.10. The highest BCUT2D eigenvalue weighted by Crippen LogP contribution is 2.27. The van der Waals surface area contributed by atoms with Gasteiger partial charge in [0.2, 0.25) is 6.29 Å². The predicted octanol–water partition coefficient (Wildman–Crippen LogP) is 3.74. The number of ketones is 1. The Morgan fingerprint density at radius 3 is 2.42 bits per heavy atom. The molecular formula is C20H20O6. The highest BCUT2D eigenvalue weighted by atomic mass is 16.7. The number of benzene rings is 2. The van der Waals surface area contributed by atoms with Crippen molar-refractivity contribution in [3.8, 4) is 11.5 Å². The summed E-state index contributed by atoms with van der Waals surface area (Å²) in [5, 5.41) is 19.0. The van der Waals surface area contributed by atoms with E-state index >= 15 is 0 Å². The first-order valence-corrected chi connectivity index (χ1v) is 8.07. The Hall–Kier alpha value is -3.28. The van der Waals surface area contributed by atoms with Gasteiger partial charge in [0.15, 0.2) is 5.78 Å². The molecule has 2 aromatic rings. The zero-order valence-corrected chi connectivity index (χ0v) is 14.5. The minimum atomic E-state index is -0.896. The molecule has 0 fully saturated rings. The van der Waals surface area contributed by atoms with E-state index in [1.165, 1.54) is 25.1 Å². The number of aliphatic hydroxyl groups is 1. The number of hydrogen-bond donors (Lipinski definition) is 2. The number of carbonyl (C=O) groups is 2. The number of carbonyl (C=O) groups excluding carboxylic acids is 2. The summed E-state index contributed by atoms with van der Waals surface area (Å²) < 4.78 is 10.6. The van der Waals surface area contributed by atoms with Crippen LogP contribution >= 0.6 is 0 Å². The lowest BCUT2D eigenvalue weighted by Crippen LogP contribution is -2.24. The van der Waals surface area contributed by atoms with Crippen molar-refractivity contribution in [2.75, 3.05) is 0 Å². The molecule has 2 N–H and O–H groups in total. The average Bonchev–Trinajstić information content (AvgIpc) is 2.67. The summed E-state index contributed by atoms with van der Waals surface area (Å²) in [6.45, 7) is 3.16. The van der Waals surface area contributed by atoms with Gasteiger partial charge in [-0.2, -0.15) is 0 Å². The lowest BCUT2D eigenvalue weighted by Gasteiger charge is -2.18. The van der Waals surface area contributed by atoms with E-state index in [1.54, 1.807) is 37.3 Å². The van der Waals surface area contributed by atoms with E-state index < -0.39 is 12.3 Å². The fraction of sp³-hybridized carbons (Fsp3) is 0.200. The van der Waals surface area contributed by atoms with Crippen LogP contribution < -0.4 is 4.74 Å². The molecule has 0 amide bonds. The first-order valence-electron chi connectivity index (χ1n) is 8.07. The molecule has 0 aliphatic rings. The maximum atomic E-state index is 12.4. The lowest BCUT2D eigenvalue weighted by molar-refractivity contribution is -0.159. The molecule has 6 nitrogen and oxygen atoms in total. The number of aliphatic hydroxyl groups excluding tert-OH is 1. The van der Waals surface area contributed by atoms with Gasteiger partial charge in [-0.25, -0.2) is 4.79 Å². The average molecular weight is 356 g/mol. The Kier molecular flexibility index (Phi) is 6.38. The van der Waals surface area contributed by atoms with Gasteiger partial charge in [0.25, 0.3) is 0 Å². The second-order valence-corrected chi connectivity index (χ2v) is 5.55. The van der Waals surface area contributed by atoms with Crippen molar-refractivity contribution in [3.63, 3.8) is 0 Å². The van der Waals surface area contributed by atoms with Gasteiger partial charge in [-0.3, -0.25) is 4.79 Å². The second kappa shape index (κ2) is 8.71. The van der Waals surface area contributed by atoms with Crippen LogP contribution in [-0.2, 0) is 9.53 Å². The van der Waals surface area contributed by atoms with Crippen LogP contribution in [0.25, 0.3) is 0 Å². The van der Waals surface area contributed by atoms with E-state index in [0.29, 0.717) is 18.2 Å². The van der Waals surface area contributed by atoms with Crippen LogP contribution in [0.5, 0.6) is 11.5 Å². The van der Waals surface area contributed by atoms with E-state index in [9.17, 15) is 14.7 Å². The van der Waals surface area contributed by atoms with Gasteiger partial charge in [-0.1, -0.05) is 37.3 Å². The van der Waals surface area contributed by atoms with Crippen molar-refractivity contribution in [3.05, 3.63) is 71.5 Å². The van der Waals surface area contributed by atoms with Gasteiger partial charge in [-0.05, 0) is 19.1 Å². The molecule has 0 heterocycles. The van der Waals surface area contributed by atoms with Crippen LogP contribution in [0.3, 0.4) is 0 Å². The summed E-state index contributed by atoms with van der Waals surface area (Å²) in [4.78, 5) is 24.1. The van der Waals surface area contributed by atoms with Crippen molar-refractivity contribution in [1.29, 1.82) is 0 Å². The maximum absolute atomic E-state index is 12.4. The molecule has 0 saturated carbocycles. The number of phenols is 1. The zero-order chi connectivity index (χ0) is 19.1. The van der Waals surface area contributed by atoms with Gasteiger partial charge in [0, 0.05) is 18.1 Å². The lowest BCUT2D eigenvalue weighted by atomic mass is 10.0. The van der Waals surface area contributed by atoms with E-state index in [1.807, 2.05) is 0 Å². The summed E-state index contributed by atoms with van der Waals surface area (Å²) in [5.74, 6) is -1.00. The molecule has 26 heavy (non-hydrogen) atoms.